The van der Waals surface area contributed by atoms with Crippen LogP contribution in [0.25, 0.3) is 0 Å². The van der Waals surface area contributed by atoms with Crippen molar-refractivity contribution >= 4 is 16.5 Å². The molecule has 1 radical (unpaired) electrons. The van der Waals surface area contributed by atoms with Gasteiger partial charge in [0.25, 0.3) is 0 Å². The van der Waals surface area contributed by atoms with E-state index in [1.807, 2.05) is 6.29 Å². The van der Waals surface area contributed by atoms with Crippen molar-refractivity contribution in [2.45, 2.75) is 5.54 Å². The monoisotopic (exact) mass is 99.0 g/mol. The molecule has 6 heavy (non-hydrogen) atoms. The average Bonchev–Trinajstić information content (AvgIpc) is 1.65. The molecule has 0 aromatic heterocycles. The van der Waals surface area contributed by atoms with E-state index in [9.17, 15) is 4.79 Å². The quantitative estimate of drug-likeness (QED) is 0.335. The van der Waals surface area contributed by atoms with Gasteiger partial charge in [0, 0.05) is 15.8 Å². The second kappa shape index (κ2) is 2.84. The Morgan fingerprint density at radius 2 is 2.50 bits per heavy atom. The summed E-state index contributed by atoms with van der Waals surface area (Å²) in [6.45, 7) is 3.40. The smallest absolute Gasteiger partial charge is 0.201 e. The lowest BCUT2D eigenvalue weighted by Gasteiger charge is -1.81. The fraction of sp³-hybridized carbons (Fsp3) is 0.250. The maximum atomic E-state index is 9.57. The van der Waals surface area contributed by atoms with Gasteiger partial charge in [-0.15, -0.1) is 6.58 Å². The van der Waals surface area contributed by atoms with E-state index in [4.69, 9.17) is 0 Å². The number of carbonyl (C=O) groups excluding carboxylic acids is 1. The number of hydrogen-bond acceptors (Lipinski definition) is 1. The van der Waals surface area contributed by atoms with Crippen LogP contribution in [0.3, 0.4) is 0 Å². The van der Waals surface area contributed by atoms with Crippen LogP contribution in [0.4, 0.5) is 0 Å². The van der Waals surface area contributed by atoms with Crippen LogP contribution in [-0.4, -0.2) is 16.5 Å². The molecule has 1 unspecified atom stereocenters. The molecule has 2 heteroatoms. The van der Waals surface area contributed by atoms with Gasteiger partial charge in [-0.3, -0.25) is 4.79 Å². The SMILES string of the molecule is C=CC([SiH3])[C]=O. The predicted octanol–water partition coefficient (Wildman–Crippen LogP) is -0.564. The zero-order valence-corrected chi connectivity index (χ0v) is 5.77. The molecule has 0 bridgehead atoms. The normalized spacial score (nSPS) is 13.3. The van der Waals surface area contributed by atoms with Crippen molar-refractivity contribution in [1.82, 2.24) is 0 Å². The first-order valence-electron chi connectivity index (χ1n) is 1.81. The van der Waals surface area contributed by atoms with Gasteiger partial charge in [0.15, 0.2) is 0 Å². The first-order chi connectivity index (χ1) is 2.81. The zero-order valence-electron chi connectivity index (χ0n) is 3.77. The van der Waals surface area contributed by atoms with Crippen LogP contribution < -0.4 is 0 Å². The molecule has 33 valence electrons. The molecule has 0 aliphatic rings. The molecule has 0 aromatic carbocycles. The Kier molecular flexibility index (Phi) is 2.67. The summed E-state index contributed by atoms with van der Waals surface area (Å²) in [4.78, 5) is 9.57. The third-order valence-electron chi connectivity index (χ3n) is 0.539. The van der Waals surface area contributed by atoms with Crippen LogP contribution in [0.1, 0.15) is 0 Å². The number of allylic oxidation sites excluding steroid dienone is 1. The van der Waals surface area contributed by atoms with Crippen LogP contribution >= 0.6 is 0 Å². The van der Waals surface area contributed by atoms with E-state index in [0.717, 1.165) is 10.2 Å². The van der Waals surface area contributed by atoms with Gasteiger partial charge in [-0.05, 0) is 0 Å². The van der Waals surface area contributed by atoms with Crippen molar-refractivity contribution in [3.63, 3.8) is 0 Å². The van der Waals surface area contributed by atoms with Gasteiger partial charge in [-0.2, -0.15) is 0 Å². The molecule has 0 aromatic rings. The maximum absolute atomic E-state index is 9.57. The molecule has 0 rings (SSSR count). The lowest BCUT2D eigenvalue weighted by molar-refractivity contribution is 0.556. The van der Waals surface area contributed by atoms with Crippen molar-refractivity contribution in [3.05, 3.63) is 12.7 Å². The lowest BCUT2D eigenvalue weighted by atomic mass is 10.5. The van der Waals surface area contributed by atoms with Gasteiger partial charge in [-0.1, -0.05) is 6.08 Å². The van der Waals surface area contributed by atoms with Crippen LogP contribution in [-0.2, 0) is 4.79 Å². The summed E-state index contributed by atoms with van der Waals surface area (Å²) in [7, 11) is 0.849. The molecule has 1 nitrogen and oxygen atoms in total. The van der Waals surface area contributed by atoms with E-state index in [1.165, 1.54) is 0 Å². The van der Waals surface area contributed by atoms with Crippen LogP contribution in [0.5, 0.6) is 0 Å². The minimum atomic E-state index is 0.0324. The average molecular weight is 99.2 g/mol. The Morgan fingerprint density at radius 3 is 2.50 bits per heavy atom. The Hall–Kier alpha value is -0.373. The van der Waals surface area contributed by atoms with Gasteiger partial charge in [0.1, 0.15) is 0 Å². The number of hydrogen-bond donors (Lipinski definition) is 0. The molecule has 0 aliphatic heterocycles. The van der Waals surface area contributed by atoms with E-state index in [2.05, 4.69) is 6.58 Å². The minimum Gasteiger partial charge on any atom is -0.291 e. The van der Waals surface area contributed by atoms with Gasteiger partial charge in [0.2, 0.25) is 6.29 Å². The molecule has 0 heterocycles. The highest BCUT2D eigenvalue weighted by Gasteiger charge is 1.86. The Balaban J connectivity index is 3.21. The molecule has 0 saturated carbocycles. The Labute approximate surface area is 40.5 Å². The lowest BCUT2D eigenvalue weighted by Crippen LogP contribution is -1.84. The third kappa shape index (κ3) is 1.90. The molecule has 0 amide bonds. The van der Waals surface area contributed by atoms with Crippen molar-refractivity contribution in [1.29, 1.82) is 0 Å². The van der Waals surface area contributed by atoms with Crippen LogP contribution in [0, 0.1) is 0 Å². The summed E-state index contributed by atoms with van der Waals surface area (Å²) >= 11 is 0. The topological polar surface area (TPSA) is 17.1 Å². The molecule has 0 spiro atoms. The number of rotatable bonds is 2. The van der Waals surface area contributed by atoms with Gasteiger partial charge in [0.05, 0.1) is 0 Å². The molecule has 0 N–H and O–H groups in total. The molecule has 0 saturated heterocycles. The standard InChI is InChI=1S/C4H7OSi/c1-2-4(6)3-5/h2,4H,1H2,6H3. The second-order valence-electron chi connectivity index (χ2n) is 1.14. The van der Waals surface area contributed by atoms with Crippen molar-refractivity contribution in [2.75, 3.05) is 0 Å². The molecular formula is C4H7OSi. The summed E-state index contributed by atoms with van der Waals surface area (Å²) < 4.78 is 0. The summed E-state index contributed by atoms with van der Waals surface area (Å²) in [5, 5.41) is 0. The zero-order chi connectivity index (χ0) is 4.99. The minimum absolute atomic E-state index is 0.0324. The summed E-state index contributed by atoms with van der Waals surface area (Å²) in [6, 6.07) is 0. The largest absolute Gasteiger partial charge is 0.291 e. The Morgan fingerprint density at radius 1 is 2.00 bits per heavy atom. The molecule has 0 fully saturated rings. The first-order valence-corrected chi connectivity index (χ1v) is 2.97. The predicted molar refractivity (Wildman–Crippen MR) is 29.6 cm³/mol. The highest BCUT2D eigenvalue weighted by Crippen LogP contribution is 1.88. The maximum Gasteiger partial charge on any atom is 0.201 e. The molecule has 1 atom stereocenters. The van der Waals surface area contributed by atoms with Gasteiger partial charge in [-0.25, -0.2) is 0 Å². The fourth-order valence-corrected chi connectivity index (χ4v) is 0.0481. The van der Waals surface area contributed by atoms with Crippen molar-refractivity contribution in [3.8, 4) is 0 Å². The van der Waals surface area contributed by atoms with Crippen molar-refractivity contribution < 1.29 is 4.79 Å². The second-order valence-corrected chi connectivity index (χ2v) is 2.39. The van der Waals surface area contributed by atoms with Gasteiger partial charge < -0.3 is 0 Å². The summed E-state index contributed by atoms with van der Waals surface area (Å²) in [5.41, 5.74) is 0.0324. The van der Waals surface area contributed by atoms with E-state index in [-0.39, 0.29) is 5.54 Å². The highest BCUT2D eigenvalue weighted by atomic mass is 28.1. The van der Waals surface area contributed by atoms with Crippen LogP contribution in [0.15, 0.2) is 12.7 Å². The highest BCUT2D eigenvalue weighted by molar-refractivity contribution is 6.21. The van der Waals surface area contributed by atoms with E-state index in [1.54, 1.807) is 6.08 Å². The van der Waals surface area contributed by atoms with Crippen LogP contribution in [0.2, 0.25) is 5.54 Å². The third-order valence-corrected chi connectivity index (χ3v) is 1.25. The summed E-state index contributed by atoms with van der Waals surface area (Å²) in [6.07, 6.45) is 3.42. The molecule has 0 aliphatic carbocycles. The first kappa shape index (κ1) is 5.63. The molecular weight excluding hydrogens is 92.1 g/mol. The van der Waals surface area contributed by atoms with Crippen molar-refractivity contribution in [2.24, 2.45) is 0 Å². The van der Waals surface area contributed by atoms with E-state index >= 15 is 0 Å². The van der Waals surface area contributed by atoms with E-state index in [0.29, 0.717) is 0 Å². The summed E-state index contributed by atoms with van der Waals surface area (Å²) in [5.74, 6) is 0. The van der Waals surface area contributed by atoms with Gasteiger partial charge >= 0.3 is 0 Å². The van der Waals surface area contributed by atoms with E-state index < -0.39 is 0 Å². The fourth-order valence-electron chi connectivity index (χ4n) is 0.0481. The Bertz CT molecular complexity index is 52.6.